The maximum absolute atomic E-state index is 12.0. The molecule has 4 nitrogen and oxygen atoms in total. The summed E-state index contributed by atoms with van der Waals surface area (Å²) in [7, 11) is 0. The highest BCUT2D eigenvalue weighted by Gasteiger charge is 2.31. The first-order valence-electron chi connectivity index (χ1n) is 6.35. The Kier molecular flexibility index (Phi) is 3.22. The van der Waals surface area contributed by atoms with Gasteiger partial charge in [0, 0.05) is 10.2 Å². The number of benzene rings is 2. The summed E-state index contributed by atoms with van der Waals surface area (Å²) in [6.45, 7) is 1.79. The van der Waals surface area contributed by atoms with Crippen molar-refractivity contribution >= 4 is 44.2 Å². The van der Waals surface area contributed by atoms with Crippen molar-refractivity contribution in [3.63, 3.8) is 0 Å². The van der Waals surface area contributed by atoms with Crippen LogP contribution in [0, 0.1) is 0 Å². The maximum Gasteiger partial charge on any atom is 0.247 e. The zero-order chi connectivity index (χ0) is 14.3. The summed E-state index contributed by atoms with van der Waals surface area (Å²) < 4.78 is 1.01. The molecule has 0 spiro atoms. The molecule has 2 aromatic rings. The molecule has 1 saturated heterocycles. The molecule has 0 radical (unpaired) electrons. The van der Waals surface area contributed by atoms with Gasteiger partial charge in [-0.3, -0.25) is 14.5 Å². The zero-order valence-electron chi connectivity index (χ0n) is 10.9. The molecule has 1 fully saturated rings. The number of carbonyl (C=O) groups is 2. The van der Waals surface area contributed by atoms with Crippen molar-refractivity contribution in [2.75, 3.05) is 11.4 Å². The lowest BCUT2D eigenvalue weighted by Crippen LogP contribution is -2.57. The van der Waals surface area contributed by atoms with Gasteiger partial charge in [0.1, 0.15) is 6.04 Å². The number of nitrogens with one attached hydrogen (secondary N) is 1. The Hall–Kier alpha value is -1.88. The van der Waals surface area contributed by atoms with Crippen LogP contribution in [0.2, 0.25) is 0 Å². The van der Waals surface area contributed by atoms with E-state index >= 15 is 0 Å². The van der Waals surface area contributed by atoms with Crippen molar-refractivity contribution in [3.05, 3.63) is 40.9 Å². The van der Waals surface area contributed by atoms with Crippen LogP contribution in [0.5, 0.6) is 0 Å². The minimum atomic E-state index is -0.482. The topological polar surface area (TPSA) is 49.4 Å². The van der Waals surface area contributed by atoms with E-state index < -0.39 is 6.04 Å². The van der Waals surface area contributed by atoms with E-state index in [0.717, 1.165) is 20.9 Å². The number of amides is 2. The molecule has 102 valence electrons. The number of halogens is 1. The Balaban J connectivity index is 2.07. The van der Waals surface area contributed by atoms with Gasteiger partial charge in [-0.05, 0) is 42.0 Å². The molecular formula is C15H13BrN2O2. The van der Waals surface area contributed by atoms with Gasteiger partial charge >= 0.3 is 0 Å². The van der Waals surface area contributed by atoms with E-state index in [-0.39, 0.29) is 18.4 Å². The minimum absolute atomic E-state index is 0.0571. The summed E-state index contributed by atoms with van der Waals surface area (Å²) in [5.41, 5.74) is 0.757. The average Bonchev–Trinajstić information content (AvgIpc) is 2.43. The fourth-order valence-electron chi connectivity index (χ4n) is 2.45. The first-order valence-corrected chi connectivity index (χ1v) is 7.14. The second-order valence-corrected chi connectivity index (χ2v) is 5.75. The Morgan fingerprint density at radius 3 is 2.65 bits per heavy atom. The van der Waals surface area contributed by atoms with Crippen LogP contribution < -0.4 is 10.2 Å². The van der Waals surface area contributed by atoms with Crippen LogP contribution >= 0.6 is 15.9 Å². The Bertz CT molecular complexity index is 714. The summed E-state index contributed by atoms with van der Waals surface area (Å²) >= 11 is 3.44. The lowest BCUT2D eigenvalue weighted by molar-refractivity contribution is -0.130. The van der Waals surface area contributed by atoms with E-state index in [4.69, 9.17) is 0 Å². The molecule has 1 N–H and O–H groups in total. The van der Waals surface area contributed by atoms with E-state index in [1.807, 2.05) is 36.4 Å². The second-order valence-electron chi connectivity index (χ2n) is 4.83. The minimum Gasteiger partial charge on any atom is -0.345 e. The van der Waals surface area contributed by atoms with E-state index in [1.165, 1.54) is 0 Å². The zero-order valence-corrected chi connectivity index (χ0v) is 12.5. The van der Waals surface area contributed by atoms with E-state index in [2.05, 4.69) is 21.2 Å². The van der Waals surface area contributed by atoms with Crippen molar-refractivity contribution < 1.29 is 9.59 Å². The number of fused-ring (bicyclic) bond motifs is 1. The van der Waals surface area contributed by atoms with Crippen LogP contribution in [0.4, 0.5) is 5.69 Å². The number of anilines is 1. The normalized spacial score (nSPS) is 19.3. The molecule has 20 heavy (non-hydrogen) atoms. The molecule has 1 aliphatic rings. The van der Waals surface area contributed by atoms with Crippen LogP contribution in [0.3, 0.4) is 0 Å². The fraction of sp³-hybridized carbons (Fsp3) is 0.200. The van der Waals surface area contributed by atoms with E-state index in [1.54, 1.807) is 11.8 Å². The number of hydrogen-bond donors (Lipinski definition) is 1. The molecule has 0 aliphatic carbocycles. The molecule has 2 aromatic carbocycles. The van der Waals surface area contributed by atoms with E-state index in [0.29, 0.717) is 0 Å². The Morgan fingerprint density at radius 1 is 1.15 bits per heavy atom. The summed E-state index contributed by atoms with van der Waals surface area (Å²) in [5, 5.41) is 4.72. The molecule has 0 bridgehead atoms. The maximum atomic E-state index is 12.0. The standard InChI is InChI=1S/C15H13BrN2O2/c1-9-15(20)17-8-14(19)18(9)13-5-3-10-6-12(16)4-2-11(10)7-13/h2-7,9H,8H2,1H3,(H,17,20). The molecule has 5 heteroatoms. The van der Waals surface area contributed by atoms with Crippen LogP contribution in [-0.2, 0) is 9.59 Å². The lowest BCUT2D eigenvalue weighted by Gasteiger charge is -2.32. The number of rotatable bonds is 1. The highest BCUT2D eigenvalue weighted by atomic mass is 79.9. The molecule has 3 rings (SSSR count). The first kappa shape index (κ1) is 13.1. The average molecular weight is 333 g/mol. The van der Waals surface area contributed by atoms with Gasteiger partial charge in [0.15, 0.2) is 0 Å². The molecular weight excluding hydrogens is 320 g/mol. The lowest BCUT2D eigenvalue weighted by atomic mass is 10.1. The van der Waals surface area contributed by atoms with Crippen molar-refractivity contribution in [1.82, 2.24) is 5.32 Å². The number of hydrogen-bond acceptors (Lipinski definition) is 2. The molecule has 1 unspecified atom stereocenters. The third-order valence-electron chi connectivity index (χ3n) is 3.51. The SMILES string of the molecule is CC1C(=O)NCC(=O)N1c1ccc2cc(Br)ccc2c1. The third kappa shape index (κ3) is 2.18. The highest BCUT2D eigenvalue weighted by molar-refractivity contribution is 9.10. The Morgan fingerprint density at radius 2 is 1.85 bits per heavy atom. The number of piperazine rings is 1. The van der Waals surface area contributed by atoms with Crippen LogP contribution in [-0.4, -0.2) is 24.4 Å². The van der Waals surface area contributed by atoms with E-state index in [9.17, 15) is 9.59 Å². The quantitative estimate of drug-likeness (QED) is 0.872. The van der Waals surface area contributed by atoms with Gasteiger partial charge in [-0.25, -0.2) is 0 Å². The molecule has 1 aliphatic heterocycles. The second kappa shape index (κ2) is 4.90. The molecule has 0 aromatic heterocycles. The van der Waals surface area contributed by atoms with Gasteiger partial charge in [0.05, 0.1) is 6.54 Å². The monoisotopic (exact) mass is 332 g/mol. The van der Waals surface area contributed by atoms with Crippen LogP contribution in [0.25, 0.3) is 10.8 Å². The summed E-state index contributed by atoms with van der Waals surface area (Å²) in [6, 6.07) is 11.3. The van der Waals surface area contributed by atoms with Gasteiger partial charge in [-0.2, -0.15) is 0 Å². The van der Waals surface area contributed by atoms with Gasteiger partial charge in [-0.1, -0.05) is 28.1 Å². The number of carbonyl (C=O) groups excluding carboxylic acids is 2. The third-order valence-corrected chi connectivity index (χ3v) is 4.01. The predicted molar refractivity (Wildman–Crippen MR) is 81.6 cm³/mol. The van der Waals surface area contributed by atoms with Crippen molar-refractivity contribution in [2.24, 2.45) is 0 Å². The summed E-state index contributed by atoms with van der Waals surface area (Å²) in [4.78, 5) is 25.3. The van der Waals surface area contributed by atoms with Crippen molar-refractivity contribution in [2.45, 2.75) is 13.0 Å². The highest BCUT2D eigenvalue weighted by Crippen LogP contribution is 2.27. The van der Waals surface area contributed by atoms with Crippen LogP contribution in [0.15, 0.2) is 40.9 Å². The van der Waals surface area contributed by atoms with Gasteiger partial charge in [0.25, 0.3) is 0 Å². The van der Waals surface area contributed by atoms with Gasteiger partial charge in [0.2, 0.25) is 11.8 Å². The van der Waals surface area contributed by atoms with Crippen LogP contribution in [0.1, 0.15) is 6.92 Å². The molecule has 0 saturated carbocycles. The van der Waals surface area contributed by atoms with Crippen molar-refractivity contribution in [1.29, 1.82) is 0 Å². The van der Waals surface area contributed by atoms with Gasteiger partial charge < -0.3 is 5.32 Å². The summed E-state index contributed by atoms with van der Waals surface area (Å²) in [5.74, 6) is -0.214. The molecule has 2 amide bonds. The van der Waals surface area contributed by atoms with Crippen molar-refractivity contribution in [3.8, 4) is 0 Å². The number of nitrogens with zero attached hydrogens (tertiary/aromatic N) is 1. The largest absolute Gasteiger partial charge is 0.345 e. The molecule has 1 atom stereocenters. The molecule has 1 heterocycles. The predicted octanol–water partition coefficient (Wildman–Crippen LogP) is 2.45. The Labute approximate surface area is 124 Å². The first-order chi connectivity index (χ1) is 9.56. The van der Waals surface area contributed by atoms with Gasteiger partial charge in [-0.15, -0.1) is 0 Å². The summed E-state index contributed by atoms with van der Waals surface area (Å²) in [6.07, 6.45) is 0. The fourth-order valence-corrected chi connectivity index (χ4v) is 2.83. The smallest absolute Gasteiger partial charge is 0.247 e.